The van der Waals surface area contributed by atoms with Gasteiger partial charge in [-0.15, -0.1) is 0 Å². The molecule has 0 spiro atoms. The van der Waals surface area contributed by atoms with Crippen molar-refractivity contribution in [3.8, 4) is 0 Å². The molecule has 0 unspecified atom stereocenters. The number of likely N-dealkylation sites (N-methyl/N-ethyl adjacent to an activating group) is 4. The van der Waals surface area contributed by atoms with E-state index in [4.69, 9.17) is 31.4 Å². The minimum absolute atomic E-state index is 0.00597. The van der Waals surface area contributed by atoms with E-state index in [1.807, 2.05) is 28.2 Å². The maximum atomic E-state index is 11.5. The summed E-state index contributed by atoms with van der Waals surface area (Å²) in [4.78, 5) is 96.3. The fourth-order valence-electron chi connectivity index (χ4n) is 7.16. The van der Waals surface area contributed by atoms with Crippen molar-refractivity contribution < 1.29 is 38.4 Å². The maximum Gasteiger partial charge on any atom is 0.217 e. The summed E-state index contributed by atoms with van der Waals surface area (Å²) < 4.78 is 0. The summed E-state index contributed by atoms with van der Waals surface area (Å²) in [5.74, 6) is -2.22. The number of nitrogens with one attached hydrogen (secondary N) is 4. The number of nitrogens with zero attached hydrogens (tertiary/aromatic N) is 4. The van der Waals surface area contributed by atoms with Gasteiger partial charge in [0.25, 0.3) is 0 Å². The van der Waals surface area contributed by atoms with Gasteiger partial charge in [-0.05, 0) is 81.6 Å². The van der Waals surface area contributed by atoms with Gasteiger partial charge in [-0.1, -0.05) is 0 Å². The molecule has 4 saturated heterocycles. The topological polar surface area (TPSA) is 198 Å². The summed E-state index contributed by atoms with van der Waals surface area (Å²) in [7, 11) is 29.8. The van der Waals surface area contributed by atoms with E-state index in [1.165, 1.54) is 27.7 Å². The number of hydrogen-bond donors (Lipinski definition) is 4. The molecule has 0 aliphatic carbocycles. The number of carbonyl (C=O) groups is 8. The van der Waals surface area contributed by atoms with E-state index in [-0.39, 0.29) is 97.1 Å². The highest BCUT2D eigenvalue weighted by Crippen LogP contribution is 2.28. The van der Waals surface area contributed by atoms with Crippen LogP contribution >= 0.6 is 0 Å². The molecule has 0 saturated carbocycles. The van der Waals surface area contributed by atoms with Crippen LogP contribution in [-0.4, -0.2) is 202 Å². The third kappa shape index (κ3) is 15.9. The molecule has 4 aliphatic rings. The number of carbonyl (C=O) groups excluding carboxylic acids is 8. The van der Waals surface area contributed by atoms with Gasteiger partial charge in [0.2, 0.25) is 23.6 Å². The lowest BCUT2D eigenvalue weighted by Crippen LogP contribution is -2.41. The van der Waals surface area contributed by atoms with Gasteiger partial charge in [-0.25, -0.2) is 0 Å². The van der Waals surface area contributed by atoms with Crippen molar-refractivity contribution >= 4 is 78.1 Å². The molecule has 20 heteroatoms. The molecule has 4 aliphatic heterocycles. The highest BCUT2D eigenvalue weighted by atomic mass is 16.2. The normalized spacial score (nSPS) is 27.0. The molecule has 4 amide bonds. The Hall–Kier alpha value is -3.34. The zero-order valence-electron chi connectivity index (χ0n) is 34.5. The second-order valence-corrected chi connectivity index (χ2v) is 14.9. The second kappa shape index (κ2) is 25.1. The largest absolute Gasteiger partial charge is 0.332 e. The lowest BCUT2D eigenvalue weighted by molar-refractivity contribution is -0.133. The quantitative estimate of drug-likeness (QED) is 0.120. The van der Waals surface area contributed by atoms with Crippen LogP contribution in [0.25, 0.3) is 0 Å². The van der Waals surface area contributed by atoms with Crippen molar-refractivity contribution in [1.29, 1.82) is 0 Å². The van der Waals surface area contributed by atoms with E-state index < -0.39 is 23.3 Å². The van der Waals surface area contributed by atoms with Crippen LogP contribution in [0.1, 0.15) is 53.4 Å². The van der Waals surface area contributed by atoms with Crippen molar-refractivity contribution in [2.75, 3.05) is 80.5 Å². The third-order valence-corrected chi connectivity index (χ3v) is 9.60. The monoisotopic (exact) mass is 776 g/mol. The molecule has 304 valence electrons. The fourth-order valence-corrected chi connectivity index (χ4v) is 7.16. The summed E-state index contributed by atoms with van der Waals surface area (Å²) in [5, 5.41) is 12.0. The van der Waals surface area contributed by atoms with E-state index in [0.717, 1.165) is 0 Å². The van der Waals surface area contributed by atoms with Gasteiger partial charge < -0.3 is 40.9 Å². The van der Waals surface area contributed by atoms with Gasteiger partial charge in [0, 0.05) is 73.6 Å². The first kappa shape index (κ1) is 50.7. The number of Topliss-reactive ketones (excluding diaryl/α,β-unsaturated/α-hetero) is 4. The number of likely N-dealkylation sites (tertiary alicyclic amines) is 4. The fraction of sp³-hybridized carbons (Fsp3) is 0.778. The third-order valence-electron chi connectivity index (χ3n) is 9.60. The molecule has 4 fully saturated rings. The first-order valence-electron chi connectivity index (χ1n) is 19.0. The molecule has 0 aromatic carbocycles. The van der Waals surface area contributed by atoms with Crippen molar-refractivity contribution in [2.24, 2.45) is 0 Å². The summed E-state index contributed by atoms with van der Waals surface area (Å²) in [5.41, 5.74) is 0. The lowest BCUT2D eigenvalue weighted by Gasteiger charge is -2.23. The smallest absolute Gasteiger partial charge is 0.217 e. The second-order valence-electron chi connectivity index (χ2n) is 14.9. The van der Waals surface area contributed by atoms with Crippen LogP contribution in [0.5, 0.6) is 0 Å². The Kier molecular flexibility index (Phi) is 22.7. The Bertz CT molecular complexity index is 1180. The Balaban J connectivity index is 0.000000373. The van der Waals surface area contributed by atoms with Crippen LogP contribution < -0.4 is 21.3 Å². The SMILES string of the molecule is [B][C@@H]1C[C@@H](CNC)N(CC(C)=O)C1=O.[B][C@@H]1C[C@H](CNC)N(CC(C)=O)C1=O.[B][C@H]1C[C@@H](CNC)N(CC(C)=O)C1=O.[B][C@H]1C[C@H](CNC)N(CC(C)=O)C1=O. The van der Waals surface area contributed by atoms with Gasteiger partial charge in [-0.3, -0.25) is 38.4 Å². The number of ketones is 4. The molecule has 4 rings (SSSR count). The maximum absolute atomic E-state index is 11.5. The Morgan fingerprint density at radius 3 is 0.714 bits per heavy atom. The van der Waals surface area contributed by atoms with Gasteiger partial charge in [0.15, 0.2) is 0 Å². The molecule has 56 heavy (non-hydrogen) atoms. The van der Waals surface area contributed by atoms with Crippen LogP contribution in [0, 0.1) is 0 Å². The van der Waals surface area contributed by atoms with E-state index in [2.05, 4.69) is 21.3 Å². The number of hydrogen-bond acceptors (Lipinski definition) is 12. The minimum atomic E-state index is -0.437. The summed E-state index contributed by atoms with van der Waals surface area (Å²) in [6.45, 7) is 9.39. The first-order chi connectivity index (χ1) is 26.2. The Labute approximate surface area is 338 Å². The number of amides is 4. The van der Waals surface area contributed by atoms with Crippen molar-refractivity contribution in [3.63, 3.8) is 0 Å². The molecular weight excluding hydrogens is 716 g/mol. The Morgan fingerprint density at radius 1 is 0.429 bits per heavy atom. The van der Waals surface area contributed by atoms with Crippen molar-refractivity contribution in [2.45, 2.75) is 101 Å². The molecule has 4 heterocycles. The number of rotatable bonds is 16. The van der Waals surface area contributed by atoms with Gasteiger partial charge >= 0.3 is 0 Å². The van der Waals surface area contributed by atoms with Gasteiger partial charge in [-0.2, -0.15) is 0 Å². The summed E-state index contributed by atoms with van der Waals surface area (Å²) >= 11 is 0. The molecular formula is C36H60B4N8O8. The van der Waals surface area contributed by atoms with Gasteiger partial charge in [0.05, 0.1) is 57.6 Å². The first-order valence-corrected chi connectivity index (χ1v) is 19.0. The summed E-state index contributed by atoms with van der Waals surface area (Å²) in [6, 6.07) is 0.246. The molecule has 0 bridgehead atoms. The highest BCUT2D eigenvalue weighted by molar-refractivity contribution is 6.26. The zero-order chi connectivity index (χ0) is 42.9. The standard InChI is InChI=1S/4C9H15BN2O2/c4*1-6(13)5-12-7(4-11-2)3-8(10)9(12)14/h4*7-8,11H,3-5H2,1-2H3/t2*7-,8+;2*7-,8-/m1010/s1. The van der Waals surface area contributed by atoms with Crippen LogP contribution in [0.15, 0.2) is 0 Å². The molecule has 8 atom stereocenters. The predicted octanol–water partition coefficient (Wildman–Crippen LogP) is -2.59. The van der Waals surface area contributed by atoms with E-state index in [0.29, 0.717) is 51.9 Å². The van der Waals surface area contributed by atoms with Crippen molar-refractivity contribution in [3.05, 3.63) is 0 Å². The molecule has 8 radical (unpaired) electrons. The Morgan fingerprint density at radius 2 is 0.589 bits per heavy atom. The van der Waals surface area contributed by atoms with Crippen LogP contribution in [-0.2, 0) is 38.4 Å². The van der Waals surface area contributed by atoms with Crippen LogP contribution in [0.2, 0.25) is 23.3 Å². The average Bonchev–Trinajstić information content (AvgIpc) is 3.72. The minimum Gasteiger partial charge on any atom is -0.332 e. The van der Waals surface area contributed by atoms with E-state index in [1.54, 1.807) is 19.6 Å². The van der Waals surface area contributed by atoms with E-state index in [9.17, 15) is 38.4 Å². The van der Waals surface area contributed by atoms with Crippen molar-refractivity contribution in [1.82, 2.24) is 40.9 Å². The highest BCUT2D eigenvalue weighted by Gasteiger charge is 2.39. The lowest BCUT2D eigenvalue weighted by atomic mass is 9.85. The molecule has 0 aromatic rings. The predicted molar refractivity (Wildman–Crippen MR) is 217 cm³/mol. The van der Waals surface area contributed by atoms with E-state index >= 15 is 0 Å². The average molecular weight is 776 g/mol. The van der Waals surface area contributed by atoms with Crippen LogP contribution in [0.3, 0.4) is 0 Å². The molecule has 0 aromatic heterocycles. The molecule has 16 nitrogen and oxygen atoms in total. The summed E-state index contributed by atoms with van der Waals surface area (Å²) in [6.07, 6.45) is 2.53. The zero-order valence-corrected chi connectivity index (χ0v) is 34.5. The molecule has 4 N–H and O–H groups in total. The van der Waals surface area contributed by atoms with Gasteiger partial charge in [0.1, 0.15) is 23.1 Å². The van der Waals surface area contributed by atoms with Crippen LogP contribution in [0.4, 0.5) is 0 Å².